The van der Waals surface area contributed by atoms with E-state index < -0.39 is 0 Å². The molecule has 15 heavy (non-hydrogen) atoms. The topological polar surface area (TPSA) is 46.3 Å². The van der Waals surface area contributed by atoms with Gasteiger partial charge in [-0.1, -0.05) is 33.0 Å². The van der Waals surface area contributed by atoms with Gasteiger partial charge in [0.2, 0.25) is 5.91 Å². The van der Waals surface area contributed by atoms with Crippen LogP contribution in [-0.2, 0) is 4.79 Å². The summed E-state index contributed by atoms with van der Waals surface area (Å²) in [7, 11) is 1.81. The molecule has 0 aromatic carbocycles. The Labute approximate surface area is 98.0 Å². The molecular formula is C11H22N2OS. The molecule has 1 unspecified atom stereocenters. The number of thiocarbonyl (C=S) groups is 1. The average Bonchev–Trinajstić information content (AvgIpc) is 2.14. The van der Waals surface area contributed by atoms with E-state index in [2.05, 4.69) is 0 Å². The highest BCUT2D eigenvalue weighted by Crippen LogP contribution is 2.23. The van der Waals surface area contributed by atoms with Crippen LogP contribution in [0.2, 0.25) is 0 Å². The van der Waals surface area contributed by atoms with Crippen molar-refractivity contribution in [3.8, 4) is 0 Å². The van der Waals surface area contributed by atoms with Crippen molar-refractivity contribution in [1.29, 1.82) is 0 Å². The maximum absolute atomic E-state index is 12.1. The number of nitrogens with two attached hydrogens (primary N) is 1. The van der Waals surface area contributed by atoms with Crippen molar-refractivity contribution in [2.75, 3.05) is 7.05 Å². The summed E-state index contributed by atoms with van der Waals surface area (Å²) in [6.45, 7) is 7.89. The molecule has 0 aliphatic heterocycles. The van der Waals surface area contributed by atoms with Crippen LogP contribution in [0.3, 0.4) is 0 Å². The van der Waals surface area contributed by atoms with Crippen molar-refractivity contribution in [2.45, 2.75) is 46.6 Å². The third kappa shape index (κ3) is 4.16. The van der Waals surface area contributed by atoms with Crippen LogP contribution in [0.15, 0.2) is 0 Å². The normalized spacial score (nSPS) is 13.4. The Morgan fingerprint density at radius 2 is 2.00 bits per heavy atom. The third-order valence-electron chi connectivity index (χ3n) is 2.94. The smallest absolute Gasteiger partial charge is 0.228 e. The van der Waals surface area contributed by atoms with Crippen molar-refractivity contribution in [3.63, 3.8) is 0 Å². The van der Waals surface area contributed by atoms with Gasteiger partial charge in [0.15, 0.2) is 0 Å². The minimum Gasteiger partial charge on any atom is -0.393 e. The summed E-state index contributed by atoms with van der Waals surface area (Å²) in [5.74, 6) is 0.147. The third-order valence-corrected chi connectivity index (χ3v) is 3.11. The van der Waals surface area contributed by atoms with Crippen LogP contribution in [0, 0.1) is 5.41 Å². The van der Waals surface area contributed by atoms with Crippen molar-refractivity contribution in [1.82, 2.24) is 4.90 Å². The molecule has 0 spiro atoms. The van der Waals surface area contributed by atoms with Gasteiger partial charge in [0.1, 0.15) is 0 Å². The van der Waals surface area contributed by atoms with E-state index in [0.717, 1.165) is 6.42 Å². The average molecular weight is 230 g/mol. The van der Waals surface area contributed by atoms with Crippen LogP contribution in [-0.4, -0.2) is 28.9 Å². The number of hydrogen-bond acceptors (Lipinski definition) is 2. The highest BCUT2D eigenvalue weighted by Gasteiger charge is 2.30. The molecule has 0 bridgehead atoms. The molecule has 0 rings (SSSR count). The summed E-state index contributed by atoms with van der Waals surface area (Å²) in [4.78, 5) is 14.3. The van der Waals surface area contributed by atoms with E-state index in [1.807, 2.05) is 34.7 Å². The molecule has 4 heteroatoms. The number of amides is 1. The number of rotatable bonds is 5. The largest absolute Gasteiger partial charge is 0.393 e. The van der Waals surface area contributed by atoms with E-state index >= 15 is 0 Å². The molecule has 3 nitrogen and oxygen atoms in total. The first-order valence-electron chi connectivity index (χ1n) is 5.28. The van der Waals surface area contributed by atoms with Crippen LogP contribution in [0.1, 0.15) is 40.5 Å². The maximum atomic E-state index is 12.1. The van der Waals surface area contributed by atoms with E-state index in [1.165, 1.54) is 0 Å². The molecule has 0 aliphatic rings. The van der Waals surface area contributed by atoms with Crippen molar-refractivity contribution in [2.24, 2.45) is 11.1 Å². The van der Waals surface area contributed by atoms with Crippen LogP contribution in [0.25, 0.3) is 0 Å². The van der Waals surface area contributed by atoms with Crippen LogP contribution < -0.4 is 5.73 Å². The first-order valence-corrected chi connectivity index (χ1v) is 5.68. The summed E-state index contributed by atoms with van der Waals surface area (Å²) in [5.41, 5.74) is 5.16. The predicted octanol–water partition coefficient (Wildman–Crippen LogP) is 1.95. The van der Waals surface area contributed by atoms with Gasteiger partial charge in [-0.3, -0.25) is 4.79 Å². The highest BCUT2D eigenvalue weighted by molar-refractivity contribution is 7.80. The zero-order valence-electron chi connectivity index (χ0n) is 10.3. The molecule has 1 atom stereocenters. The Balaban J connectivity index is 4.50. The second-order valence-electron chi connectivity index (χ2n) is 4.67. The molecule has 0 aromatic heterocycles. The Kier molecular flexibility index (Phi) is 5.21. The molecule has 0 saturated carbocycles. The van der Waals surface area contributed by atoms with Gasteiger partial charge in [-0.2, -0.15) is 0 Å². The molecule has 0 aromatic rings. The van der Waals surface area contributed by atoms with E-state index in [0.29, 0.717) is 11.4 Å². The zero-order valence-corrected chi connectivity index (χ0v) is 11.1. The molecular weight excluding hydrogens is 208 g/mol. The van der Waals surface area contributed by atoms with Gasteiger partial charge >= 0.3 is 0 Å². The number of carbonyl (C=O) groups is 1. The van der Waals surface area contributed by atoms with E-state index in [1.54, 1.807) is 4.90 Å². The molecule has 1 amide bonds. The quantitative estimate of drug-likeness (QED) is 0.734. The molecule has 0 saturated heterocycles. The van der Waals surface area contributed by atoms with Crippen LogP contribution in [0.4, 0.5) is 0 Å². The van der Waals surface area contributed by atoms with Crippen LogP contribution >= 0.6 is 12.2 Å². The van der Waals surface area contributed by atoms with Gasteiger partial charge in [-0.05, 0) is 13.3 Å². The van der Waals surface area contributed by atoms with E-state index in [4.69, 9.17) is 18.0 Å². The number of nitrogens with zero attached hydrogens (tertiary/aromatic N) is 1. The van der Waals surface area contributed by atoms with E-state index in [-0.39, 0.29) is 17.4 Å². The fraction of sp³-hybridized carbons (Fsp3) is 0.818. The van der Waals surface area contributed by atoms with Gasteiger partial charge < -0.3 is 10.6 Å². The molecule has 2 N–H and O–H groups in total. The van der Waals surface area contributed by atoms with E-state index in [9.17, 15) is 4.79 Å². The lowest BCUT2D eigenvalue weighted by Gasteiger charge is -2.32. The van der Waals surface area contributed by atoms with Gasteiger partial charge in [0.05, 0.1) is 4.99 Å². The van der Waals surface area contributed by atoms with Crippen molar-refractivity contribution in [3.05, 3.63) is 0 Å². The predicted molar refractivity (Wildman–Crippen MR) is 67.7 cm³/mol. The summed E-state index contributed by atoms with van der Waals surface area (Å²) in [6, 6.07) is 0.0702. The van der Waals surface area contributed by atoms with Crippen LogP contribution in [0.5, 0.6) is 0 Å². The Morgan fingerprint density at radius 3 is 2.33 bits per heavy atom. The second kappa shape index (κ2) is 5.45. The van der Waals surface area contributed by atoms with Crippen molar-refractivity contribution >= 4 is 23.1 Å². The standard InChI is InChI=1S/C11H22N2OS/c1-6-11(3,4)10(14)13(5)8(2)7-9(12)15/h8H,6-7H2,1-5H3,(H2,12,15). The molecule has 0 radical (unpaired) electrons. The first-order chi connectivity index (χ1) is 6.72. The SMILES string of the molecule is CCC(C)(C)C(=O)N(C)C(C)CC(N)=S. The lowest BCUT2D eigenvalue weighted by molar-refractivity contribution is -0.140. The monoisotopic (exact) mass is 230 g/mol. The number of carbonyl (C=O) groups excluding carboxylic acids is 1. The summed E-state index contributed by atoms with van der Waals surface area (Å²) in [6.07, 6.45) is 1.41. The summed E-state index contributed by atoms with van der Waals surface area (Å²) >= 11 is 4.84. The molecule has 0 aliphatic carbocycles. The van der Waals surface area contributed by atoms with Gasteiger partial charge in [0.25, 0.3) is 0 Å². The zero-order chi connectivity index (χ0) is 12.2. The summed E-state index contributed by atoms with van der Waals surface area (Å²) in [5, 5.41) is 0. The lowest BCUT2D eigenvalue weighted by Crippen LogP contribution is -2.44. The second-order valence-corrected chi connectivity index (χ2v) is 5.20. The fourth-order valence-corrected chi connectivity index (χ4v) is 1.50. The minimum absolute atomic E-state index is 0.0702. The van der Waals surface area contributed by atoms with Gasteiger partial charge in [-0.25, -0.2) is 0 Å². The highest BCUT2D eigenvalue weighted by atomic mass is 32.1. The maximum Gasteiger partial charge on any atom is 0.228 e. The summed E-state index contributed by atoms with van der Waals surface area (Å²) < 4.78 is 0. The van der Waals surface area contributed by atoms with Crippen molar-refractivity contribution < 1.29 is 4.79 Å². The Bertz CT molecular complexity index is 251. The minimum atomic E-state index is -0.306. The fourth-order valence-electron chi connectivity index (χ4n) is 1.26. The lowest BCUT2D eigenvalue weighted by atomic mass is 9.88. The first kappa shape index (κ1) is 14.4. The molecule has 88 valence electrons. The Morgan fingerprint density at radius 1 is 1.53 bits per heavy atom. The molecule has 0 fully saturated rings. The number of hydrogen-bond donors (Lipinski definition) is 1. The van der Waals surface area contributed by atoms with Gasteiger partial charge in [0, 0.05) is 24.9 Å². The van der Waals surface area contributed by atoms with Gasteiger partial charge in [-0.15, -0.1) is 0 Å². The Hall–Kier alpha value is -0.640. The molecule has 0 heterocycles.